The summed E-state index contributed by atoms with van der Waals surface area (Å²) in [5.74, 6) is 1.62. The number of hydrogen-bond donors (Lipinski definition) is 0. The summed E-state index contributed by atoms with van der Waals surface area (Å²) in [6.07, 6.45) is 0.962. The first-order valence-corrected chi connectivity index (χ1v) is 11.7. The van der Waals surface area contributed by atoms with Gasteiger partial charge in [0, 0.05) is 38.3 Å². The van der Waals surface area contributed by atoms with Gasteiger partial charge in [-0.1, -0.05) is 49.4 Å². The zero-order chi connectivity index (χ0) is 22.9. The maximum atomic E-state index is 13.4. The molecule has 1 saturated heterocycles. The number of carbonyl (C=O) groups excluding carboxylic acids is 1. The van der Waals surface area contributed by atoms with Crippen molar-refractivity contribution in [2.24, 2.45) is 0 Å². The normalized spacial score (nSPS) is 14.1. The minimum absolute atomic E-state index is 0.0558. The Hall–Kier alpha value is -3.15. The molecular weight excluding hydrogens is 412 g/mol. The van der Waals surface area contributed by atoms with Gasteiger partial charge in [0.15, 0.2) is 0 Å². The summed E-state index contributed by atoms with van der Waals surface area (Å²) < 4.78 is 11.5. The van der Waals surface area contributed by atoms with Crippen molar-refractivity contribution in [3.63, 3.8) is 0 Å². The highest BCUT2D eigenvalue weighted by Gasteiger charge is 2.19. The number of morpholine rings is 1. The zero-order valence-electron chi connectivity index (χ0n) is 19.3. The first kappa shape index (κ1) is 23.0. The topological polar surface area (TPSA) is 42.0 Å². The number of nitrogens with zero attached hydrogens (tertiary/aromatic N) is 2. The van der Waals surface area contributed by atoms with Gasteiger partial charge in [0.05, 0.1) is 13.2 Å². The Kier molecular flexibility index (Phi) is 8.12. The quantitative estimate of drug-likeness (QED) is 0.465. The number of amides is 1. The first-order chi connectivity index (χ1) is 16.2. The molecule has 3 aromatic rings. The fourth-order valence-electron chi connectivity index (χ4n) is 3.96. The fraction of sp³-hybridized carbons (Fsp3) is 0.321. The molecule has 3 aromatic carbocycles. The molecule has 1 aliphatic heterocycles. The second-order valence-electron chi connectivity index (χ2n) is 8.29. The van der Waals surface area contributed by atoms with Crippen LogP contribution in [0.4, 0.5) is 0 Å². The minimum Gasteiger partial charge on any atom is -0.457 e. The third-order valence-corrected chi connectivity index (χ3v) is 5.94. The summed E-state index contributed by atoms with van der Waals surface area (Å²) in [5.41, 5.74) is 3.01. The SMILES string of the molecule is CCc1ccc(C(=O)N(CCN2CCOCC2)Cc2cccc(Oc3ccccc3)c2)cc1. The summed E-state index contributed by atoms with van der Waals surface area (Å²) >= 11 is 0. The molecule has 5 nitrogen and oxygen atoms in total. The maximum Gasteiger partial charge on any atom is 0.254 e. The second kappa shape index (κ2) is 11.6. The van der Waals surface area contributed by atoms with Gasteiger partial charge in [0.2, 0.25) is 0 Å². The van der Waals surface area contributed by atoms with Gasteiger partial charge < -0.3 is 14.4 Å². The average molecular weight is 445 g/mol. The summed E-state index contributed by atoms with van der Waals surface area (Å²) in [7, 11) is 0. The number of hydrogen-bond acceptors (Lipinski definition) is 4. The molecule has 0 atom stereocenters. The van der Waals surface area contributed by atoms with Gasteiger partial charge in [-0.05, 0) is 53.9 Å². The molecule has 0 aliphatic carbocycles. The van der Waals surface area contributed by atoms with E-state index < -0.39 is 0 Å². The molecule has 1 heterocycles. The Morgan fingerprint density at radius 2 is 1.64 bits per heavy atom. The van der Waals surface area contributed by atoms with Crippen LogP contribution in [0.3, 0.4) is 0 Å². The van der Waals surface area contributed by atoms with Crippen molar-refractivity contribution in [3.8, 4) is 11.5 Å². The van der Waals surface area contributed by atoms with E-state index >= 15 is 0 Å². The minimum atomic E-state index is 0.0558. The smallest absolute Gasteiger partial charge is 0.254 e. The molecule has 1 aliphatic rings. The maximum absolute atomic E-state index is 13.4. The molecule has 0 radical (unpaired) electrons. The number of rotatable bonds is 9. The lowest BCUT2D eigenvalue weighted by Gasteiger charge is -2.30. The Bertz CT molecular complexity index is 1010. The highest BCUT2D eigenvalue weighted by atomic mass is 16.5. The molecule has 1 amide bonds. The third-order valence-electron chi connectivity index (χ3n) is 5.94. The van der Waals surface area contributed by atoms with Crippen LogP contribution in [-0.4, -0.2) is 55.1 Å². The van der Waals surface area contributed by atoms with Gasteiger partial charge in [-0.15, -0.1) is 0 Å². The van der Waals surface area contributed by atoms with Gasteiger partial charge in [0.25, 0.3) is 5.91 Å². The summed E-state index contributed by atoms with van der Waals surface area (Å²) in [6, 6.07) is 25.7. The molecule has 4 rings (SSSR count). The van der Waals surface area contributed by atoms with E-state index in [0.717, 1.165) is 61.9 Å². The van der Waals surface area contributed by atoms with E-state index in [1.165, 1.54) is 5.56 Å². The molecule has 172 valence electrons. The molecular formula is C28H32N2O3. The first-order valence-electron chi connectivity index (χ1n) is 11.7. The van der Waals surface area contributed by atoms with E-state index in [4.69, 9.17) is 9.47 Å². The Morgan fingerprint density at radius 1 is 0.909 bits per heavy atom. The summed E-state index contributed by atoms with van der Waals surface area (Å²) in [5, 5.41) is 0. The molecule has 0 N–H and O–H groups in total. The molecule has 0 bridgehead atoms. The average Bonchev–Trinajstić information content (AvgIpc) is 2.87. The van der Waals surface area contributed by atoms with Crippen molar-refractivity contribution in [1.29, 1.82) is 0 Å². The lowest BCUT2D eigenvalue weighted by molar-refractivity contribution is 0.0320. The lowest BCUT2D eigenvalue weighted by atomic mass is 10.1. The van der Waals surface area contributed by atoms with Crippen LogP contribution < -0.4 is 4.74 Å². The van der Waals surface area contributed by atoms with Crippen LogP contribution in [0.2, 0.25) is 0 Å². The largest absolute Gasteiger partial charge is 0.457 e. The summed E-state index contributed by atoms with van der Waals surface area (Å²) in [6.45, 7) is 7.49. The monoisotopic (exact) mass is 444 g/mol. The predicted molar refractivity (Wildman–Crippen MR) is 131 cm³/mol. The van der Waals surface area contributed by atoms with E-state index in [9.17, 15) is 4.79 Å². The van der Waals surface area contributed by atoms with Crippen molar-refractivity contribution >= 4 is 5.91 Å². The van der Waals surface area contributed by atoms with Crippen molar-refractivity contribution in [2.45, 2.75) is 19.9 Å². The van der Waals surface area contributed by atoms with Crippen LogP contribution >= 0.6 is 0 Å². The van der Waals surface area contributed by atoms with Gasteiger partial charge in [-0.2, -0.15) is 0 Å². The number of carbonyl (C=O) groups is 1. The highest BCUT2D eigenvalue weighted by Crippen LogP contribution is 2.23. The molecule has 1 fully saturated rings. The number of benzene rings is 3. The van der Waals surface area contributed by atoms with E-state index in [1.807, 2.05) is 83.8 Å². The standard InChI is InChI=1S/C28H32N2O3/c1-2-23-11-13-25(14-12-23)28(31)30(16-15-29-17-19-32-20-18-29)22-24-7-6-10-27(21-24)33-26-8-4-3-5-9-26/h3-14,21H,2,15-20,22H2,1H3. The van der Waals surface area contributed by atoms with E-state index in [-0.39, 0.29) is 5.91 Å². The van der Waals surface area contributed by atoms with Crippen LogP contribution in [0, 0.1) is 0 Å². The predicted octanol–water partition coefficient (Wildman–Crippen LogP) is 5.02. The highest BCUT2D eigenvalue weighted by molar-refractivity contribution is 5.94. The third kappa shape index (κ3) is 6.67. The molecule has 0 spiro atoms. The Labute approximate surface area is 196 Å². The van der Waals surface area contributed by atoms with Gasteiger partial charge >= 0.3 is 0 Å². The van der Waals surface area contributed by atoms with Crippen LogP contribution in [0.25, 0.3) is 0 Å². The molecule has 0 aromatic heterocycles. The van der Waals surface area contributed by atoms with Crippen LogP contribution in [0.1, 0.15) is 28.4 Å². The number of ether oxygens (including phenoxy) is 2. The number of para-hydroxylation sites is 1. The Morgan fingerprint density at radius 3 is 2.36 bits per heavy atom. The van der Waals surface area contributed by atoms with Crippen LogP contribution in [0.15, 0.2) is 78.9 Å². The van der Waals surface area contributed by atoms with Crippen molar-refractivity contribution in [3.05, 3.63) is 95.6 Å². The van der Waals surface area contributed by atoms with Crippen molar-refractivity contribution in [1.82, 2.24) is 9.80 Å². The lowest BCUT2D eigenvalue weighted by Crippen LogP contribution is -2.42. The zero-order valence-corrected chi connectivity index (χ0v) is 19.3. The molecule has 5 heteroatoms. The van der Waals surface area contributed by atoms with E-state index in [1.54, 1.807) is 0 Å². The molecule has 33 heavy (non-hydrogen) atoms. The van der Waals surface area contributed by atoms with Gasteiger partial charge in [-0.3, -0.25) is 9.69 Å². The fourth-order valence-corrected chi connectivity index (χ4v) is 3.96. The van der Waals surface area contributed by atoms with Crippen molar-refractivity contribution < 1.29 is 14.3 Å². The van der Waals surface area contributed by atoms with Crippen LogP contribution in [-0.2, 0) is 17.7 Å². The van der Waals surface area contributed by atoms with Crippen molar-refractivity contribution in [2.75, 3.05) is 39.4 Å². The van der Waals surface area contributed by atoms with E-state index in [0.29, 0.717) is 13.1 Å². The van der Waals surface area contributed by atoms with Gasteiger partial charge in [-0.25, -0.2) is 0 Å². The second-order valence-corrected chi connectivity index (χ2v) is 8.29. The van der Waals surface area contributed by atoms with E-state index in [2.05, 4.69) is 11.8 Å². The van der Waals surface area contributed by atoms with Gasteiger partial charge in [0.1, 0.15) is 11.5 Å². The van der Waals surface area contributed by atoms with Crippen LogP contribution in [0.5, 0.6) is 11.5 Å². The summed E-state index contributed by atoms with van der Waals surface area (Å²) in [4.78, 5) is 17.8. The Balaban J connectivity index is 1.49. The molecule has 0 unspecified atom stereocenters. The number of aryl methyl sites for hydroxylation is 1. The molecule has 0 saturated carbocycles.